The number of benzene rings is 1. The molecule has 1 fully saturated rings. The number of amides is 2. The quantitative estimate of drug-likeness (QED) is 0.769. The molecule has 24 heavy (non-hydrogen) atoms. The molecule has 1 aromatic rings. The summed E-state index contributed by atoms with van der Waals surface area (Å²) in [7, 11) is 0. The van der Waals surface area contributed by atoms with Crippen LogP contribution in [0.2, 0.25) is 0 Å². The maximum absolute atomic E-state index is 13.2. The van der Waals surface area contributed by atoms with Crippen LogP contribution in [0.1, 0.15) is 25.3 Å². The third-order valence-electron chi connectivity index (χ3n) is 3.90. The number of rotatable bonds is 5. The van der Waals surface area contributed by atoms with Crippen molar-refractivity contribution >= 4 is 11.8 Å². The molecule has 1 atom stereocenters. The number of alkyl halides is 3. The summed E-state index contributed by atoms with van der Waals surface area (Å²) in [5, 5.41) is 0. The van der Waals surface area contributed by atoms with Gasteiger partial charge in [0.05, 0.1) is 0 Å². The Hall–Kier alpha value is -2.12. The van der Waals surface area contributed by atoms with E-state index in [9.17, 15) is 27.2 Å². The van der Waals surface area contributed by atoms with Crippen LogP contribution in [0.3, 0.4) is 0 Å². The van der Waals surface area contributed by atoms with Gasteiger partial charge in [-0.1, -0.05) is 12.1 Å². The zero-order valence-corrected chi connectivity index (χ0v) is 13.1. The Balaban J connectivity index is 1.98. The van der Waals surface area contributed by atoms with E-state index in [0.29, 0.717) is 5.56 Å². The van der Waals surface area contributed by atoms with Crippen LogP contribution in [0.15, 0.2) is 24.3 Å². The van der Waals surface area contributed by atoms with Crippen molar-refractivity contribution < 1.29 is 27.2 Å². The van der Waals surface area contributed by atoms with Gasteiger partial charge in [0.15, 0.2) is 0 Å². The lowest BCUT2D eigenvalue weighted by atomic mass is 10.1. The third-order valence-corrected chi connectivity index (χ3v) is 3.90. The van der Waals surface area contributed by atoms with E-state index < -0.39 is 30.4 Å². The van der Waals surface area contributed by atoms with Gasteiger partial charge in [0.2, 0.25) is 11.8 Å². The van der Waals surface area contributed by atoms with Gasteiger partial charge in [0, 0.05) is 19.5 Å². The first-order valence-corrected chi connectivity index (χ1v) is 7.57. The number of carbonyl (C=O) groups excluding carboxylic acids is 2. The molecule has 2 amide bonds. The van der Waals surface area contributed by atoms with E-state index >= 15 is 0 Å². The van der Waals surface area contributed by atoms with Crippen molar-refractivity contribution in [2.75, 3.05) is 13.1 Å². The van der Waals surface area contributed by atoms with Crippen LogP contribution in [0.25, 0.3) is 0 Å². The lowest BCUT2D eigenvalue weighted by Crippen LogP contribution is -2.58. The van der Waals surface area contributed by atoms with Crippen molar-refractivity contribution in [1.29, 1.82) is 0 Å². The summed E-state index contributed by atoms with van der Waals surface area (Å²) >= 11 is 0. The minimum absolute atomic E-state index is 0.0864. The molecule has 1 heterocycles. The van der Waals surface area contributed by atoms with Gasteiger partial charge < -0.3 is 9.80 Å². The Kier molecular flexibility index (Phi) is 5.46. The number of hydrogen-bond donors (Lipinski definition) is 0. The van der Waals surface area contributed by atoms with Crippen molar-refractivity contribution in [1.82, 2.24) is 9.80 Å². The molecule has 0 aromatic heterocycles. The van der Waals surface area contributed by atoms with Crippen molar-refractivity contribution in [2.45, 2.75) is 38.5 Å². The second kappa shape index (κ2) is 7.19. The Morgan fingerprint density at radius 2 is 1.96 bits per heavy atom. The van der Waals surface area contributed by atoms with Crippen LogP contribution in [-0.2, 0) is 16.1 Å². The predicted octanol–water partition coefficient (Wildman–Crippen LogP) is 2.73. The van der Waals surface area contributed by atoms with Crippen LogP contribution >= 0.6 is 0 Å². The normalized spacial score (nSPS) is 19.1. The number of piperazine rings is 1. The highest BCUT2D eigenvalue weighted by atomic mass is 19.4. The van der Waals surface area contributed by atoms with Crippen LogP contribution in [0.4, 0.5) is 17.6 Å². The minimum atomic E-state index is -4.28. The summed E-state index contributed by atoms with van der Waals surface area (Å²) < 4.78 is 49.8. The predicted molar refractivity (Wildman–Crippen MR) is 78.3 cm³/mol. The first kappa shape index (κ1) is 18.2. The van der Waals surface area contributed by atoms with Crippen molar-refractivity contribution in [3.05, 3.63) is 35.6 Å². The van der Waals surface area contributed by atoms with E-state index in [4.69, 9.17) is 0 Å². The highest BCUT2D eigenvalue weighted by molar-refractivity contribution is 5.94. The van der Waals surface area contributed by atoms with Gasteiger partial charge in [-0.25, -0.2) is 4.39 Å². The second-order valence-corrected chi connectivity index (χ2v) is 5.81. The van der Waals surface area contributed by atoms with Gasteiger partial charge in [0.25, 0.3) is 0 Å². The molecule has 1 aromatic carbocycles. The van der Waals surface area contributed by atoms with E-state index in [-0.39, 0.29) is 32.0 Å². The number of carbonyl (C=O) groups is 2. The molecular formula is C16H18F4N2O2. The zero-order valence-electron chi connectivity index (χ0n) is 13.1. The maximum Gasteiger partial charge on any atom is 0.389 e. The van der Waals surface area contributed by atoms with Gasteiger partial charge in [-0.05, 0) is 31.0 Å². The molecule has 0 unspecified atom stereocenters. The molecule has 8 heteroatoms. The number of hydrogen-bond acceptors (Lipinski definition) is 2. The van der Waals surface area contributed by atoms with E-state index in [2.05, 4.69) is 0 Å². The lowest BCUT2D eigenvalue weighted by Gasteiger charge is -2.39. The minimum Gasteiger partial charge on any atom is -0.329 e. The number of nitrogens with zero attached hydrogens (tertiary/aromatic N) is 2. The Morgan fingerprint density at radius 3 is 2.58 bits per heavy atom. The molecule has 2 rings (SSSR count). The van der Waals surface area contributed by atoms with E-state index in [1.807, 2.05) is 0 Å². The summed E-state index contributed by atoms with van der Waals surface area (Å²) in [6.45, 7) is 1.25. The van der Waals surface area contributed by atoms with E-state index in [1.165, 1.54) is 34.9 Å². The fourth-order valence-electron chi connectivity index (χ4n) is 2.70. The van der Waals surface area contributed by atoms with Crippen molar-refractivity contribution in [2.24, 2.45) is 0 Å². The van der Waals surface area contributed by atoms with Gasteiger partial charge in [0.1, 0.15) is 18.4 Å². The Labute approximate surface area is 137 Å². The highest BCUT2D eigenvalue weighted by Gasteiger charge is 2.37. The summed E-state index contributed by atoms with van der Waals surface area (Å²) in [4.78, 5) is 27.0. The zero-order chi connectivity index (χ0) is 17.9. The van der Waals surface area contributed by atoms with Gasteiger partial charge in [-0.2, -0.15) is 13.2 Å². The number of halogens is 4. The standard InChI is InChI=1S/C16H18F4N2O2/c1-11-15(24)21(9-12-4-2-5-13(17)8-12)10-14(23)22(11)7-3-6-16(18,19)20/h2,4-5,8,11H,3,6-7,9-10H2,1H3/t11-/m0/s1. The largest absolute Gasteiger partial charge is 0.389 e. The Morgan fingerprint density at radius 1 is 1.25 bits per heavy atom. The molecule has 0 N–H and O–H groups in total. The van der Waals surface area contributed by atoms with Crippen molar-refractivity contribution in [3.63, 3.8) is 0 Å². The Bertz CT molecular complexity index is 618. The molecule has 0 radical (unpaired) electrons. The van der Waals surface area contributed by atoms with Crippen LogP contribution in [0, 0.1) is 5.82 Å². The fourth-order valence-corrected chi connectivity index (χ4v) is 2.70. The molecule has 1 aliphatic heterocycles. The average Bonchev–Trinajstić information content (AvgIpc) is 2.47. The summed E-state index contributed by atoms with van der Waals surface area (Å²) in [6, 6.07) is 4.87. The molecule has 1 aliphatic rings. The average molecular weight is 346 g/mol. The van der Waals surface area contributed by atoms with Gasteiger partial charge >= 0.3 is 6.18 Å². The molecule has 132 valence electrons. The molecule has 0 spiro atoms. The van der Waals surface area contributed by atoms with Crippen LogP contribution in [-0.4, -0.2) is 46.9 Å². The molecule has 1 saturated heterocycles. The second-order valence-electron chi connectivity index (χ2n) is 5.81. The van der Waals surface area contributed by atoms with E-state index in [1.54, 1.807) is 6.07 Å². The SMILES string of the molecule is C[C@H]1C(=O)N(Cc2cccc(F)c2)CC(=O)N1CCCC(F)(F)F. The molecular weight excluding hydrogens is 328 g/mol. The van der Waals surface area contributed by atoms with Gasteiger partial charge in [-0.15, -0.1) is 0 Å². The first-order chi connectivity index (χ1) is 11.2. The van der Waals surface area contributed by atoms with Gasteiger partial charge in [-0.3, -0.25) is 9.59 Å². The molecule has 4 nitrogen and oxygen atoms in total. The van der Waals surface area contributed by atoms with E-state index in [0.717, 1.165) is 0 Å². The van der Waals surface area contributed by atoms with Crippen LogP contribution in [0.5, 0.6) is 0 Å². The lowest BCUT2D eigenvalue weighted by molar-refractivity contribution is -0.157. The highest BCUT2D eigenvalue weighted by Crippen LogP contribution is 2.23. The molecule has 0 aliphatic carbocycles. The summed E-state index contributed by atoms with van der Waals surface area (Å²) in [5.74, 6) is -1.20. The van der Waals surface area contributed by atoms with Crippen molar-refractivity contribution in [3.8, 4) is 0 Å². The topological polar surface area (TPSA) is 40.6 Å². The third kappa shape index (κ3) is 4.69. The summed E-state index contributed by atoms with van der Waals surface area (Å²) in [6.07, 6.45) is -5.52. The summed E-state index contributed by atoms with van der Waals surface area (Å²) in [5.41, 5.74) is 0.550. The first-order valence-electron chi connectivity index (χ1n) is 7.57. The maximum atomic E-state index is 13.2. The monoisotopic (exact) mass is 346 g/mol. The molecule has 0 saturated carbocycles. The molecule has 0 bridgehead atoms. The fraction of sp³-hybridized carbons (Fsp3) is 0.500. The van der Waals surface area contributed by atoms with Crippen LogP contribution < -0.4 is 0 Å². The smallest absolute Gasteiger partial charge is 0.329 e.